The number of hydrogen-bond acceptors (Lipinski definition) is 12. The Labute approximate surface area is 473 Å². The second-order valence-electron chi connectivity index (χ2n) is 21.1. The van der Waals surface area contributed by atoms with E-state index in [4.69, 9.17) is 11.3 Å². The number of carbonyl (C=O) groups excluding carboxylic acids is 6. The molecule has 82 heavy (non-hydrogen) atoms. The molecule has 8 N–H and O–H groups in total. The summed E-state index contributed by atoms with van der Waals surface area (Å²) >= 11 is 0. The number of carboxylic acids is 3. The van der Waals surface area contributed by atoms with Crippen LogP contribution in [0, 0.1) is 17.8 Å². The fraction of sp³-hybridized carbons (Fsp3) is 0.339. The molecule has 2 heterocycles. The number of benzene rings is 4. The van der Waals surface area contributed by atoms with E-state index in [0.29, 0.717) is 0 Å². The fourth-order valence-electron chi connectivity index (χ4n) is 10.3. The number of carbonyl (C=O) groups is 9. The molecular formula is C59H66N10O12Si. The number of rotatable bonds is 30. The van der Waals surface area contributed by atoms with Crippen molar-refractivity contribution in [1.82, 2.24) is 30.9 Å². The van der Waals surface area contributed by atoms with Crippen molar-refractivity contribution in [2.45, 2.75) is 110 Å². The van der Waals surface area contributed by atoms with Crippen LogP contribution in [0.3, 0.4) is 0 Å². The molecule has 0 radical (unpaired) electrons. The van der Waals surface area contributed by atoms with E-state index in [0.717, 1.165) is 51.5 Å². The van der Waals surface area contributed by atoms with Crippen molar-refractivity contribution in [2.24, 2.45) is 28.6 Å². The number of nitrogens with two attached hydrogens (primary N) is 1. The summed E-state index contributed by atoms with van der Waals surface area (Å²) in [6.45, 7) is 9.37. The van der Waals surface area contributed by atoms with E-state index in [1.54, 1.807) is 24.7 Å². The van der Waals surface area contributed by atoms with Gasteiger partial charge in [-0.1, -0.05) is 146 Å². The van der Waals surface area contributed by atoms with Crippen molar-refractivity contribution in [3.05, 3.63) is 165 Å². The summed E-state index contributed by atoms with van der Waals surface area (Å²) in [5, 5.41) is 50.4. The largest absolute Gasteiger partial charge is 0.481 e. The van der Waals surface area contributed by atoms with Gasteiger partial charge in [0, 0.05) is 49.6 Å². The van der Waals surface area contributed by atoms with Gasteiger partial charge in [0.05, 0.1) is 49.6 Å². The molecule has 1 unspecified atom stereocenters. The number of aromatic nitrogens is 3. The van der Waals surface area contributed by atoms with Crippen LogP contribution in [0.2, 0.25) is 13.1 Å². The van der Waals surface area contributed by atoms with Gasteiger partial charge >= 0.3 is 17.9 Å². The predicted octanol–water partition coefficient (Wildman–Crippen LogP) is 6.58. The second kappa shape index (κ2) is 28.2. The summed E-state index contributed by atoms with van der Waals surface area (Å²) in [5.41, 5.74) is 23.3. The molecule has 428 valence electrons. The molecule has 4 amide bonds. The number of nitrogens with one attached hydrogen (secondary N) is 3. The minimum absolute atomic E-state index is 0.245. The van der Waals surface area contributed by atoms with E-state index in [1.165, 1.54) is 10.4 Å². The van der Waals surface area contributed by atoms with Crippen molar-refractivity contribution >= 4 is 82.7 Å². The molecule has 5 aromatic rings. The van der Waals surface area contributed by atoms with Gasteiger partial charge in [-0.05, 0) is 72.8 Å². The number of ketones is 2. The first-order chi connectivity index (χ1) is 39.0. The number of amides is 4. The van der Waals surface area contributed by atoms with Crippen LogP contribution in [-0.4, -0.2) is 110 Å². The molecule has 1 aliphatic heterocycles. The Hall–Kier alpha value is -9.34. The highest BCUT2D eigenvalue weighted by Crippen LogP contribution is 2.55. The van der Waals surface area contributed by atoms with Gasteiger partial charge in [0.15, 0.2) is 11.6 Å². The number of carboxylic acid groups (broad SMARTS) is 3. The van der Waals surface area contributed by atoms with Gasteiger partial charge in [-0.25, -0.2) is 4.68 Å². The minimum atomic E-state index is -2.53. The molecule has 23 heteroatoms. The Morgan fingerprint density at radius 1 is 0.646 bits per heavy atom. The summed E-state index contributed by atoms with van der Waals surface area (Å²) in [6, 6.07) is 32.8. The maximum Gasteiger partial charge on any atom is 0.305 e. The Bertz CT molecular complexity index is 3300. The Morgan fingerprint density at radius 3 is 1.66 bits per heavy atom. The molecule has 0 saturated heterocycles. The van der Waals surface area contributed by atoms with Crippen LogP contribution in [-0.2, 0) is 62.7 Å². The number of nitrogens with zero attached hydrogens (tertiary/aromatic N) is 6. The van der Waals surface area contributed by atoms with Gasteiger partial charge in [0.1, 0.15) is 14.1 Å². The molecule has 0 bridgehead atoms. The molecule has 0 spiro atoms. The smallest absolute Gasteiger partial charge is 0.305 e. The first-order valence-electron chi connectivity index (χ1n) is 26.5. The highest BCUT2D eigenvalue weighted by molar-refractivity contribution is 7.13. The molecular weight excluding hydrogens is 1070 g/mol. The third kappa shape index (κ3) is 16.4. The fourth-order valence-corrected chi connectivity index (χ4v) is 14.1. The maximum absolute atomic E-state index is 13.9. The van der Waals surface area contributed by atoms with Gasteiger partial charge in [-0.3, -0.25) is 43.2 Å². The van der Waals surface area contributed by atoms with Gasteiger partial charge in [0.2, 0.25) is 23.6 Å². The Balaban J connectivity index is 1.18. The van der Waals surface area contributed by atoms with Crippen LogP contribution in [0.1, 0.15) is 98.4 Å². The number of hydrogen-bond donors (Lipinski definition) is 7. The average Bonchev–Trinajstić information content (AvgIpc) is 1.91. The van der Waals surface area contributed by atoms with Gasteiger partial charge < -0.3 is 37.0 Å². The zero-order valence-electron chi connectivity index (χ0n) is 46.1. The molecule has 0 fully saturated rings. The first-order valence-corrected chi connectivity index (χ1v) is 29.5. The number of aliphatic carboxylic acids is 3. The lowest BCUT2D eigenvalue weighted by molar-refractivity contribution is -0.143. The third-order valence-corrected chi connectivity index (χ3v) is 17.7. The quantitative estimate of drug-likeness (QED) is 0.0111. The first kappa shape index (κ1) is 61.9. The van der Waals surface area contributed by atoms with Crippen molar-refractivity contribution in [2.75, 3.05) is 0 Å². The third-order valence-electron chi connectivity index (χ3n) is 14.2. The SMILES string of the molecule is CC(=O)N[C@H](CC(=O)O)C(=O)C[C@H](CCC(=O)O)C(=O)NC(C(=O)C[C@H](CC(=O)O)C(=O)N[C@H](Cc1cn(Cc2ccc(C3=C(c4ccccc4)C(c4ccccc4)=C(c4ccc(CN=[N+]=[N-])cc4)[Si]3(C)C)cc2)nn1)C(N)=O)C(C)C. The van der Waals surface area contributed by atoms with E-state index in [9.17, 15) is 58.5 Å². The topological polar surface area (TPSA) is 356 Å². The van der Waals surface area contributed by atoms with Crippen molar-refractivity contribution in [3.8, 4) is 0 Å². The van der Waals surface area contributed by atoms with Crippen LogP contribution >= 0.6 is 0 Å². The molecule has 5 atom stereocenters. The zero-order chi connectivity index (χ0) is 59.8. The van der Waals surface area contributed by atoms with Crippen LogP contribution in [0.15, 0.2) is 121 Å². The van der Waals surface area contributed by atoms with Crippen molar-refractivity contribution < 1.29 is 58.5 Å². The van der Waals surface area contributed by atoms with Crippen LogP contribution in [0.5, 0.6) is 0 Å². The number of primary amides is 1. The minimum Gasteiger partial charge on any atom is -0.481 e. The maximum atomic E-state index is 13.9. The molecule has 22 nitrogen and oxygen atoms in total. The predicted molar refractivity (Wildman–Crippen MR) is 306 cm³/mol. The Kier molecular flexibility index (Phi) is 21.3. The van der Waals surface area contributed by atoms with E-state index in [-0.39, 0.29) is 25.2 Å². The molecule has 4 aromatic carbocycles. The average molecular weight is 1140 g/mol. The van der Waals surface area contributed by atoms with Gasteiger partial charge in [0.25, 0.3) is 0 Å². The van der Waals surface area contributed by atoms with E-state index < -0.39 is 136 Å². The lowest BCUT2D eigenvalue weighted by atomic mass is 9.88. The normalized spacial score (nSPS) is 14.6. The summed E-state index contributed by atoms with van der Waals surface area (Å²) in [4.78, 5) is 117. The molecule has 0 saturated carbocycles. The zero-order valence-corrected chi connectivity index (χ0v) is 47.1. The second-order valence-corrected chi connectivity index (χ2v) is 25.3. The van der Waals surface area contributed by atoms with Gasteiger partial charge in [-0.2, -0.15) is 0 Å². The highest BCUT2D eigenvalue weighted by atomic mass is 28.3. The van der Waals surface area contributed by atoms with Gasteiger partial charge in [-0.15, -0.1) is 5.10 Å². The van der Waals surface area contributed by atoms with Crippen LogP contribution < -0.4 is 21.7 Å². The molecule has 1 aliphatic rings. The monoisotopic (exact) mass is 1130 g/mol. The number of azide groups is 1. The number of allylic oxidation sites excluding steroid dienone is 2. The molecule has 6 rings (SSSR count). The Morgan fingerprint density at radius 2 is 1.17 bits per heavy atom. The molecule has 0 aliphatic carbocycles. The van der Waals surface area contributed by atoms with Crippen LogP contribution in [0.4, 0.5) is 0 Å². The lowest BCUT2D eigenvalue weighted by Gasteiger charge is -2.27. The van der Waals surface area contributed by atoms with E-state index >= 15 is 0 Å². The highest BCUT2D eigenvalue weighted by Gasteiger charge is 2.44. The number of Topliss-reactive ketones (excluding diaryl/α,β-unsaturated/α-hetero) is 2. The standard InChI is InChI=1S/C59H66N10O12Si/c1-34(2)54(65-58(80)42(24-25-49(73)74)26-47(71)45(30-51(77)78)63-35(3)70)48(72)27-43(28-50(75)76)59(81)64-46(57(60)79)29-44-33-69(68-66-44)32-37-18-22-41(23-19-37)56-53(39-14-10-7-11-15-39)52(38-12-8-6-9-13-38)55(82(56,4)5)40-20-16-36(17-21-40)31-62-67-61/h6-23,33-34,42-43,45-46,54H,24-32H2,1-5H3,(H2,60,79)(H,63,70)(H,64,81)(H,65,80)(H,73,74)(H,75,76)(H,77,78)/t42-,43+,45+,46+,54?/m0/s1. The summed E-state index contributed by atoms with van der Waals surface area (Å²) in [6.07, 6.45) is -2.78. The van der Waals surface area contributed by atoms with Crippen molar-refractivity contribution in [1.29, 1.82) is 0 Å². The summed E-state index contributed by atoms with van der Waals surface area (Å²) in [5.74, 6) is -13.2. The van der Waals surface area contributed by atoms with E-state index in [1.807, 2.05) is 60.7 Å². The van der Waals surface area contributed by atoms with E-state index in [2.05, 4.69) is 97.9 Å². The molecule has 1 aromatic heterocycles. The van der Waals surface area contributed by atoms with Crippen LogP contribution in [0.25, 0.3) is 32.0 Å². The lowest BCUT2D eigenvalue weighted by Crippen LogP contribution is -2.51. The summed E-state index contributed by atoms with van der Waals surface area (Å²) in [7, 11) is -2.53. The summed E-state index contributed by atoms with van der Waals surface area (Å²) < 4.78 is 1.55. The van der Waals surface area contributed by atoms with Crippen molar-refractivity contribution in [3.63, 3.8) is 0 Å².